The van der Waals surface area contributed by atoms with Gasteiger partial charge in [-0.1, -0.05) is 17.7 Å². The summed E-state index contributed by atoms with van der Waals surface area (Å²) < 4.78 is 1.60. The van der Waals surface area contributed by atoms with Gasteiger partial charge in [-0.3, -0.25) is 9.67 Å². The van der Waals surface area contributed by atoms with Crippen molar-refractivity contribution < 1.29 is 9.90 Å². The highest BCUT2D eigenvalue weighted by molar-refractivity contribution is 7.09. The monoisotopic (exact) mass is 404 g/mol. The summed E-state index contributed by atoms with van der Waals surface area (Å²) in [6.45, 7) is 2.55. The molecular weight excluding hydrogens is 384 g/mol. The van der Waals surface area contributed by atoms with Crippen LogP contribution in [0.25, 0.3) is 11.3 Å². The van der Waals surface area contributed by atoms with E-state index >= 15 is 0 Å². The molecule has 0 aliphatic carbocycles. The summed E-state index contributed by atoms with van der Waals surface area (Å²) >= 11 is 1.55. The van der Waals surface area contributed by atoms with Gasteiger partial charge in [-0.05, 0) is 49.1 Å². The Bertz CT molecular complexity index is 1130. The predicted molar refractivity (Wildman–Crippen MR) is 112 cm³/mol. The zero-order valence-electron chi connectivity index (χ0n) is 15.9. The molecule has 0 spiro atoms. The van der Waals surface area contributed by atoms with Crippen molar-refractivity contribution in [3.8, 4) is 11.3 Å². The molecule has 1 aromatic carbocycles. The van der Waals surface area contributed by atoms with Crippen molar-refractivity contribution in [2.24, 2.45) is 0 Å². The molecule has 0 fully saturated rings. The van der Waals surface area contributed by atoms with E-state index in [1.165, 1.54) is 29.1 Å². The number of carbonyl (C=O) groups is 1. The minimum Gasteiger partial charge on any atom is -0.478 e. The lowest BCUT2D eigenvalue weighted by Crippen LogP contribution is -2.00. The molecule has 3 heterocycles. The molecule has 4 aromatic rings. The van der Waals surface area contributed by atoms with Gasteiger partial charge in [-0.2, -0.15) is 5.10 Å². The van der Waals surface area contributed by atoms with Crippen molar-refractivity contribution in [1.29, 1.82) is 0 Å². The Balaban J connectivity index is 1.49. The number of carboxylic acid groups (broad SMARTS) is 1. The van der Waals surface area contributed by atoms with Crippen LogP contribution in [0.3, 0.4) is 0 Å². The molecule has 29 heavy (non-hydrogen) atoms. The first-order valence-corrected chi connectivity index (χ1v) is 10.1. The highest BCUT2D eigenvalue weighted by atomic mass is 32.1. The molecule has 6 nitrogen and oxygen atoms in total. The smallest absolute Gasteiger partial charge is 0.338 e. The number of thiazole rings is 1. The number of aromatic carboxylic acids is 1. The van der Waals surface area contributed by atoms with Crippen molar-refractivity contribution in [3.05, 3.63) is 87.8 Å². The number of carboxylic acids is 1. The molecule has 0 bridgehead atoms. The summed E-state index contributed by atoms with van der Waals surface area (Å²) in [6.07, 6.45) is 8.47. The van der Waals surface area contributed by atoms with Crippen LogP contribution >= 0.6 is 11.3 Å². The Hall–Kier alpha value is -3.32. The minimum absolute atomic E-state index is 0.179. The molecule has 0 radical (unpaired) electrons. The number of aryl methyl sites for hydroxylation is 3. The van der Waals surface area contributed by atoms with E-state index < -0.39 is 5.97 Å². The second-order valence-electron chi connectivity index (χ2n) is 6.93. The molecule has 0 aliphatic rings. The Morgan fingerprint density at radius 1 is 1.17 bits per heavy atom. The molecule has 0 saturated heterocycles. The van der Waals surface area contributed by atoms with Gasteiger partial charge in [-0.25, -0.2) is 9.78 Å². The molecule has 1 N–H and O–H groups in total. The molecule has 146 valence electrons. The van der Waals surface area contributed by atoms with Gasteiger partial charge in [0.2, 0.25) is 0 Å². The Morgan fingerprint density at radius 3 is 2.79 bits per heavy atom. The van der Waals surface area contributed by atoms with E-state index in [-0.39, 0.29) is 5.56 Å². The highest BCUT2D eigenvalue weighted by Gasteiger charge is 2.10. The van der Waals surface area contributed by atoms with E-state index in [0.717, 1.165) is 29.1 Å². The SMILES string of the molecule is Cc1cc(CCc2cccnc2)cc(-c2csc(Cn3cc(C(=O)O)cn3)n2)c1. The summed E-state index contributed by atoms with van der Waals surface area (Å²) in [5, 5.41) is 16.0. The van der Waals surface area contributed by atoms with Crippen LogP contribution in [0.1, 0.15) is 32.1 Å². The Morgan fingerprint density at radius 2 is 2.03 bits per heavy atom. The van der Waals surface area contributed by atoms with E-state index in [4.69, 9.17) is 10.1 Å². The molecular formula is C22H20N4O2S. The average molecular weight is 404 g/mol. The van der Waals surface area contributed by atoms with Gasteiger partial charge in [0, 0.05) is 29.5 Å². The highest BCUT2D eigenvalue weighted by Crippen LogP contribution is 2.25. The number of hydrogen-bond acceptors (Lipinski definition) is 5. The van der Waals surface area contributed by atoms with Gasteiger partial charge < -0.3 is 5.11 Å². The van der Waals surface area contributed by atoms with Crippen LogP contribution in [0.2, 0.25) is 0 Å². The first-order valence-electron chi connectivity index (χ1n) is 9.27. The van der Waals surface area contributed by atoms with Crippen LogP contribution in [-0.4, -0.2) is 30.8 Å². The fourth-order valence-electron chi connectivity index (χ4n) is 3.20. The van der Waals surface area contributed by atoms with E-state index in [1.54, 1.807) is 22.2 Å². The Labute approximate surface area is 172 Å². The first-order chi connectivity index (χ1) is 14.1. The summed E-state index contributed by atoms with van der Waals surface area (Å²) in [5.74, 6) is -0.977. The molecule has 0 aliphatic heterocycles. The molecule has 0 saturated carbocycles. The van der Waals surface area contributed by atoms with E-state index in [0.29, 0.717) is 6.54 Å². The normalized spacial score (nSPS) is 10.9. The number of pyridine rings is 1. The molecule has 0 amide bonds. The van der Waals surface area contributed by atoms with E-state index in [2.05, 4.69) is 41.3 Å². The lowest BCUT2D eigenvalue weighted by atomic mass is 10.00. The predicted octanol–water partition coefficient (Wildman–Crippen LogP) is 4.24. The van der Waals surface area contributed by atoms with Gasteiger partial charge >= 0.3 is 5.97 Å². The zero-order valence-corrected chi connectivity index (χ0v) is 16.8. The van der Waals surface area contributed by atoms with Crippen LogP contribution in [0, 0.1) is 6.92 Å². The summed E-state index contributed by atoms with van der Waals surface area (Å²) in [6, 6.07) is 10.6. The zero-order chi connectivity index (χ0) is 20.2. The third-order valence-corrected chi connectivity index (χ3v) is 5.42. The topological polar surface area (TPSA) is 80.9 Å². The maximum atomic E-state index is 11.0. The number of nitrogens with zero attached hydrogens (tertiary/aromatic N) is 4. The van der Waals surface area contributed by atoms with Crippen molar-refractivity contribution >= 4 is 17.3 Å². The second kappa shape index (κ2) is 8.36. The van der Waals surface area contributed by atoms with Crippen LogP contribution in [0.15, 0.2) is 60.5 Å². The van der Waals surface area contributed by atoms with Crippen molar-refractivity contribution in [2.45, 2.75) is 26.3 Å². The largest absolute Gasteiger partial charge is 0.478 e. The fraction of sp³-hybridized carbons (Fsp3) is 0.182. The fourth-order valence-corrected chi connectivity index (χ4v) is 4.00. The molecule has 0 atom stereocenters. The number of benzene rings is 1. The van der Waals surface area contributed by atoms with E-state index in [1.807, 2.05) is 17.6 Å². The van der Waals surface area contributed by atoms with Crippen molar-refractivity contribution in [3.63, 3.8) is 0 Å². The van der Waals surface area contributed by atoms with Crippen LogP contribution in [0.5, 0.6) is 0 Å². The number of aromatic nitrogens is 4. The maximum absolute atomic E-state index is 11.0. The average Bonchev–Trinajstić information content (AvgIpc) is 3.37. The number of rotatable bonds is 7. The lowest BCUT2D eigenvalue weighted by molar-refractivity contribution is 0.0696. The van der Waals surface area contributed by atoms with Gasteiger partial charge in [0.25, 0.3) is 0 Å². The molecule has 3 aromatic heterocycles. The number of hydrogen-bond donors (Lipinski definition) is 1. The summed E-state index contributed by atoms with van der Waals surface area (Å²) in [4.78, 5) is 19.9. The molecule has 7 heteroatoms. The van der Waals surface area contributed by atoms with E-state index in [9.17, 15) is 4.79 Å². The van der Waals surface area contributed by atoms with Gasteiger partial charge in [0.1, 0.15) is 5.01 Å². The standard InChI is InChI=1S/C22H20N4O2S/c1-15-7-17(5-4-16-3-2-6-23-10-16)9-18(8-15)20-14-29-21(25-20)13-26-12-19(11-24-26)22(27)28/h2-3,6-12,14H,4-5,13H2,1H3,(H,27,28). The quantitative estimate of drug-likeness (QED) is 0.498. The molecule has 0 unspecified atom stereocenters. The van der Waals surface area contributed by atoms with Crippen LogP contribution in [0.4, 0.5) is 0 Å². The van der Waals surface area contributed by atoms with Gasteiger partial charge in [0.05, 0.1) is 24.0 Å². The Kier molecular flexibility index (Phi) is 5.48. The minimum atomic E-state index is -0.977. The molecule has 4 rings (SSSR count). The lowest BCUT2D eigenvalue weighted by Gasteiger charge is -2.07. The van der Waals surface area contributed by atoms with Gasteiger partial charge in [0.15, 0.2) is 0 Å². The van der Waals surface area contributed by atoms with Crippen molar-refractivity contribution in [2.75, 3.05) is 0 Å². The van der Waals surface area contributed by atoms with Gasteiger partial charge in [-0.15, -0.1) is 11.3 Å². The third-order valence-electron chi connectivity index (χ3n) is 4.59. The summed E-state index contributed by atoms with van der Waals surface area (Å²) in [5.41, 5.74) is 5.92. The summed E-state index contributed by atoms with van der Waals surface area (Å²) in [7, 11) is 0. The third kappa shape index (κ3) is 4.75. The van der Waals surface area contributed by atoms with Crippen LogP contribution in [-0.2, 0) is 19.4 Å². The van der Waals surface area contributed by atoms with Crippen LogP contribution < -0.4 is 0 Å². The maximum Gasteiger partial charge on any atom is 0.338 e. The second-order valence-corrected chi connectivity index (χ2v) is 7.87. The first kappa shape index (κ1) is 19.0. The van der Waals surface area contributed by atoms with Crippen molar-refractivity contribution in [1.82, 2.24) is 19.7 Å².